The van der Waals surface area contributed by atoms with Gasteiger partial charge in [-0.25, -0.2) is 0 Å². The van der Waals surface area contributed by atoms with Crippen LogP contribution in [0.25, 0.3) is 0 Å². The van der Waals surface area contributed by atoms with E-state index in [1.807, 2.05) is 25.9 Å². The van der Waals surface area contributed by atoms with Crippen LogP contribution in [0.1, 0.15) is 33.1 Å². The zero-order chi connectivity index (χ0) is 9.56. The van der Waals surface area contributed by atoms with E-state index in [1.54, 1.807) is 0 Å². The first kappa shape index (κ1) is 11.4. The molecule has 0 aliphatic heterocycles. The molecule has 0 aliphatic carbocycles. The molecule has 0 aromatic carbocycles. The van der Waals surface area contributed by atoms with Gasteiger partial charge < -0.3 is 4.74 Å². The molecule has 0 radical (unpaired) electrons. The van der Waals surface area contributed by atoms with E-state index in [0.29, 0.717) is 6.42 Å². The summed E-state index contributed by atoms with van der Waals surface area (Å²) in [5.74, 6) is -0.0990. The molecule has 12 heavy (non-hydrogen) atoms. The van der Waals surface area contributed by atoms with Crippen LogP contribution >= 0.6 is 0 Å². The Kier molecular flexibility index (Phi) is 5.72. The molecule has 0 N–H and O–H groups in total. The summed E-state index contributed by atoms with van der Waals surface area (Å²) in [6.07, 6.45) is 2.37. The zero-order valence-corrected chi connectivity index (χ0v) is 8.46. The van der Waals surface area contributed by atoms with Gasteiger partial charge >= 0.3 is 5.97 Å². The van der Waals surface area contributed by atoms with E-state index in [2.05, 4.69) is 6.92 Å². The molecule has 0 saturated carbocycles. The van der Waals surface area contributed by atoms with Gasteiger partial charge in [-0.3, -0.25) is 9.69 Å². The van der Waals surface area contributed by atoms with Gasteiger partial charge in [-0.05, 0) is 27.4 Å². The summed E-state index contributed by atoms with van der Waals surface area (Å²) in [7, 11) is 3.77. The minimum atomic E-state index is -0.116. The van der Waals surface area contributed by atoms with Crippen LogP contribution < -0.4 is 0 Å². The summed E-state index contributed by atoms with van der Waals surface area (Å²) < 4.78 is 5.10. The molecule has 0 aromatic rings. The topological polar surface area (TPSA) is 29.5 Å². The standard InChI is InChI=1S/C9H19NO2/c1-5-6-7-9(11)12-8(2)10(3)4/h8H,5-7H2,1-4H3. The van der Waals surface area contributed by atoms with Crippen LogP contribution in [-0.2, 0) is 9.53 Å². The molecule has 0 amide bonds. The van der Waals surface area contributed by atoms with Gasteiger partial charge in [-0.1, -0.05) is 13.3 Å². The van der Waals surface area contributed by atoms with Gasteiger partial charge in [-0.15, -0.1) is 0 Å². The lowest BCUT2D eigenvalue weighted by Gasteiger charge is -2.19. The van der Waals surface area contributed by atoms with E-state index in [9.17, 15) is 4.79 Å². The third kappa shape index (κ3) is 5.13. The molecule has 0 saturated heterocycles. The first-order chi connectivity index (χ1) is 5.57. The van der Waals surface area contributed by atoms with Crippen molar-refractivity contribution in [3.8, 4) is 0 Å². The van der Waals surface area contributed by atoms with Gasteiger partial charge in [0.25, 0.3) is 0 Å². The van der Waals surface area contributed by atoms with Crippen LogP contribution in [0.2, 0.25) is 0 Å². The van der Waals surface area contributed by atoms with Crippen LogP contribution in [0, 0.1) is 0 Å². The Hall–Kier alpha value is -0.570. The fourth-order valence-corrected chi connectivity index (χ4v) is 0.676. The summed E-state index contributed by atoms with van der Waals surface area (Å²) in [6, 6.07) is 0. The molecule has 0 heterocycles. The lowest BCUT2D eigenvalue weighted by molar-refractivity contribution is -0.155. The average molecular weight is 173 g/mol. The Balaban J connectivity index is 3.54. The number of hydrogen-bond donors (Lipinski definition) is 0. The van der Waals surface area contributed by atoms with Crippen LogP contribution in [0.5, 0.6) is 0 Å². The maximum Gasteiger partial charge on any atom is 0.307 e. The summed E-state index contributed by atoms with van der Waals surface area (Å²) in [5.41, 5.74) is 0. The van der Waals surface area contributed by atoms with Gasteiger partial charge in [0.2, 0.25) is 0 Å². The lowest BCUT2D eigenvalue weighted by atomic mass is 10.2. The van der Waals surface area contributed by atoms with Crippen molar-refractivity contribution in [2.45, 2.75) is 39.3 Å². The summed E-state index contributed by atoms with van der Waals surface area (Å²) in [4.78, 5) is 12.9. The number of rotatable bonds is 5. The van der Waals surface area contributed by atoms with Crippen LogP contribution in [0.15, 0.2) is 0 Å². The lowest BCUT2D eigenvalue weighted by Crippen LogP contribution is -2.29. The molecule has 3 nitrogen and oxygen atoms in total. The number of unbranched alkanes of at least 4 members (excludes halogenated alkanes) is 1. The Labute approximate surface area is 74.7 Å². The van der Waals surface area contributed by atoms with Crippen LogP contribution in [-0.4, -0.2) is 31.2 Å². The molecule has 72 valence electrons. The predicted octanol–water partition coefficient (Wildman–Crippen LogP) is 1.63. The molecular formula is C9H19NO2. The van der Waals surface area contributed by atoms with E-state index >= 15 is 0 Å². The van der Waals surface area contributed by atoms with Crippen LogP contribution in [0.3, 0.4) is 0 Å². The van der Waals surface area contributed by atoms with Gasteiger partial charge in [-0.2, -0.15) is 0 Å². The number of esters is 1. The van der Waals surface area contributed by atoms with E-state index in [1.165, 1.54) is 0 Å². The summed E-state index contributed by atoms with van der Waals surface area (Å²) in [6.45, 7) is 3.92. The minimum Gasteiger partial charge on any atom is -0.447 e. The summed E-state index contributed by atoms with van der Waals surface area (Å²) >= 11 is 0. The van der Waals surface area contributed by atoms with Crippen molar-refractivity contribution in [3.63, 3.8) is 0 Å². The number of hydrogen-bond acceptors (Lipinski definition) is 3. The van der Waals surface area contributed by atoms with Crippen molar-refractivity contribution in [1.82, 2.24) is 4.90 Å². The van der Waals surface area contributed by atoms with Crippen molar-refractivity contribution in [3.05, 3.63) is 0 Å². The quantitative estimate of drug-likeness (QED) is 0.467. The molecule has 3 heteroatoms. The second-order valence-electron chi connectivity index (χ2n) is 3.16. The maximum atomic E-state index is 11.1. The average Bonchev–Trinajstić information content (AvgIpc) is 2.00. The fourth-order valence-electron chi connectivity index (χ4n) is 0.676. The van der Waals surface area contributed by atoms with Gasteiger partial charge in [0.1, 0.15) is 0 Å². The van der Waals surface area contributed by atoms with Crippen molar-refractivity contribution in [2.75, 3.05) is 14.1 Å². The number of ether oxygens (including phenoxy) is 1. The highest BCUT2D eigenvalue weighted by molar-refractivity contribution is 5.69. The predicted molar refractivity (Wildman–Crippen MR) is 48.8 cm³/mol. The number of carbonyl (C=O) groups is 1. The Morgan fingerprint density at radius 3 is 2.50 bits per heavy atom. The normalized spacial score (nSPS) is 13.1. The Morgan fingerprint density at radius 1 is 1.50 bits per heavy atom. The van der Waals surface area contributed by atoms with Crippen molar-refractivity contribution >= 4 is 5.97 Å². The van der Waals surface area contributed by atoms with Gasteiger partial charge in [0, 0.05) is 6.42 Å². The van der Waals surface area contributed by atoms with E-state index in [4.69, 9.17) is 4.74 Å². The first-order valence-corrected chi connectivity index (χ1v) is 4.43. The zero-order valence-electron chi connectivity index (χ0n) is 8.46. The molecule has 0 fully saturated rings. The second kappa shape index (κ2) is 6.00. The largest absolute Gasteiger partial charge is 0.447 e. The number of carbonyl (C=O) groups excluding carboxylic acids is 1. The molecule has 0 spiro atoms. The highest BCUT2D eigenvalue weighted by Crippen LogP contribution is 2.01. The Bertz CT molecular complexity index is 134. The van der Waals surface area contributed by atoms with E-state index in [-0.39, 0.29) is 12.2 Å². The molecule has 0 bridgehead atoms. The summed E-state index contributed by atoms with van der Waals surface area (Å²) in [5, 5.41) is 0. The third-order valence-corrected chi connectivity index (χ3v) is 1.76. The highest BCUT2D eigenvalue weighted by atomic mass is 16.6. The van der Waals surface area contributed by atoms with Crippen molar-refractivity contribution in [1.29, 1.82) is 0 Å². The smallest absolute Gasteiger partial charge is 0.307 e. The van der Waals surface area contributed by atoms with Crippen LogP contribution in [0.4, 0.5) is 0 Å². The van der Waals surface area contributed by atoms with E-state index < -0.39 is 0 Å². The van der Waals surface area contributed by atoms with E-state index in [0.717, 1.165) is 12.8 Å². The maximum absolute atomic E-state index is 11.1. The minimum absolute atomic E-state index is 0.0990. The second-order valence-corrected chi connectivity index (χ2v) is 3.16. The molecule has 0 aliphatic rings. The van der Waals surface area contributed by atoms with Gasteiger partial charge in [0.05, 0.1) is 0 Å². The fraction of sp³-hybridized carbons (Fsp3) is 0.889. The van der Waals surface area contributed by atoms with Crippen molar-refractivity contribution in [2.24, 2.45) is 0 Å². The molecule has 1 unspecified atom stereocenters. The highest BCUT2D eigenvalue weighted by Gasteiger charge is 2.09. The van der Waals surface area contributed by atoms with Crippen molar-refractivity contribution < 1.29 is 9.53 Å². The molecule has 0 rings (SSSR count). The Morgan fingerprint density at radius 2 is 2.08 bits per heavy atom. The SMILES string of the molecule is CCCCC(=O)OC(C)N(C)C. The third-order valence-electron chi connectivity index (χ3n) is 1.76. The monoisotopic (exact) mass is 173 g/mol. The van der Waals surface area contributed by atoms with Gasteiger partial charge in [0.15, 0.2) is 6.23 Å². The molecule has 0 aromatic heterocycles. The first-order valence-electron chi connectivity index (χ1n) is 4.43. The molecular weight excluding hydrogens is 154 g/mol. The number of nitrogens with zero attached hydrogens (tertiary/aromatic N) is 1. The molecule has 1 atom stereocenters.